The first kappa shape index (κ1) is 9.74. The molecule has 1 aromatic heterocycles. The highest BCUT2D eigenvalue weighted by Gasteiger charge is 1.88. The van der Waals surface area contributed by atoms with E-state index >= 15 is 0 Å². The molecule has 0 saturated heterocycles. The van der Waals surface area contributed by atoms with Gasteiger partial charge in [-0.25, -0.2) is 4.98 Å². The van der Waals surface area contributed by atoms with Crippen molar-refractivity contribution >= 4 is 11.0 Å². The van der Waals surface area contributed by atoms with Crippen molar-refractivity contribution in [1.82, 2.24) is 15.3 Å². The fourth-order valence-corrected chi connectivity index (χ4v) is 0.880. The van der Waals surface area contributed by atoms with Crippen LogP contribution in [0.25, 0.3) is 11.0 Å². The van der Waals surface area contributed by atoms with Crippen LogP contribution in [-0.2, 0) is 0 Å². The fourth-order valence-electron chi connectivity index (χ4n) is 0.880. The maximum absolute atomic E-state index is 4.06. The van der Waals surface area contributed by atoms with Gasteiger partial charge >= 0.3 is 0 Å². The number of fused-ring (bicyclic) bond motifs is 1. The molecule has 0 saturated carbocycles. The van der Waals surface area contributed by atoms with Crippen LogP contribution in [0.4, 0.5) is 0 Å². The number of aromatic amines is 1. The van der Waals surface area contributed by atoms with Crippen molar-refractivity contribution in [3.63, 3.8) is 0 Å². The van der Waals surface area contributed by atoms with Gasteiger partial charge in [-0.2, -0.15) is 0 Å². The topological polar surface area (TPSA) is 40.7 Å². The van der Waals surface area contributed by atoms with E-state index in [4.69, 9.17) is 0 Å². The van der Waals surface area contributed by atoms with Crippen molar-refractivity contribution in [2.45, 2.75) is 6.92 Å². The number of nitrogens with zero attached hydrogens (tertiary/aromatic N) is 1. The van der Waals surface area contributed by atoms with Gasteiger partial charge in [0.15, 0.2) is 0 Å². The molecule has 0 bridgehead atoms. The molecular formula is C10H15N3. The smallest absolute Gasteiger partial charge is 0.0931 e. The maximum Gasteiger partial charge on any atom is 0.0931 e. The van der Waals surface area contributed by atoms with Crippen LogP contribution in [-0.4, -0.2) is 23.6 Å². The summed E-state index contributed by atoms with van der Waals surface area (Å²) in [6.45, 7) is 3.14. The molecule has 0 unspecified atom stereocenters. The van der Waals surface area contributed by atoms with E-state index < -0.39 is 0 Å². The van der Waals surface area contributed by atoms with Gasteiger partial charge in [-0.3, -0.25) is 0 Å². The molecule has 2 rings (SSSR count). The molecule has 2 N–H and O–H groups in total. The standard InChI is InChI=1S/C7H6N2.C3H9N/c1-2-4-7-6(3-1)8-5-9-7;1-3-4-2/h1-5H,(H,8,9);4H,3H2,1-2H3. The summed E-state index contributed by atoms with van der Waals surface area (Å²) in [6.07, 6.45) is 1.70. The minimum Gasteiger partial charge on any atom is -0.345 e. The van der Waals surface area contributed by atoms with E-state index in [-0.39, 0.29) is 0 Å². The molecule has 1 heterocycles. The number of H-pyrrole nitrogens is 1. The highest BCUT2D eigenvalue weighted by Crippen LogP contribution is 2.05. The number of rotatable bonds is 1. The number of aromatic nitrogens is 2. The van der Waals surface area contributed by atoms with Crippen molar-refractivity contribution in [2.75, 3.05) is 13.6 Å². The lowest BCUT2D eigenvalue weighted by Crippen LogP contribution is -2.01. The van der Waals surface area contributed by atoms with Gasteiger partial charge in [0.25, 0.3) is 0 Å². The SMILES string of the molecule is CCNC.c1ccc2[nH]cnc2c1. The van der Waals surface area contributed by atoms with Crippen LogP contribution in [0, 0.1) is 0 Å². The number of para-hydroxylation sites is 2. The van der Waals surface area contributed by atoms with Crippen LogP contribution in [0.1, 0.15) is 6.92 Å². The summed E-state index contributed by atoms with van der Waals surface area (Å²) in [6, 6.07) is 7.94. The summed E-state index contributed by atoms with van der Waals surface area (Å²) in [7, 11) is 1.93. The lowest BCUT2D eigenvalue weighted by Gasteiger charge is -1.81. The molecule has 0 aliphatic rings. The highest BCUT2D eigenvalue weighted by molar-refractivity contribution is 5.73. The highest BCUT2D eigenvalue weighted by atomic mass is 14.9. The molecule has 0 aliphatic carbocycles. The van der Waals surface area contributed by atoms with Crippen LogP contribution in [0.2, 0.25) is 0 Å². The van der Waals surface area contributed by atoms with Gasteiger partial charge in [-0.05, 0) is 25.7 Å². The molecule has 0 atom stereocenters. The second kappa shape index (κ2) is 5.32. The van der Waals surface area contributed by atoms with Gasteiger partial charge in [-0.15, -0.1) is 0 Å². The lowest BCUT2D eigenvalue weighted by molar-refractivity contribution is 0.864. The minimum absolute atomic E-state index is 1.03. The van der Waals surface area contributed by atoms with Crippen LogP contribution in [0.3, 0.4) is 0 Å². The van der Waals surface area contributed by atoms with E-state index in [0.717, 1.165) is 17.6 Å². The minimum atomic E-state index is 1.03. The molecule has 0 spiro atoms. The lowest BCUT2D eigenvalue weighted by atomic mass is 10.3. The van der Waals surface area contributed by atoms with E-state index in [2.05, 4.69) is 22.2 Å². The number of imidazole rings is 1. The molecule has 70 valence electrons. The van der Waals surface area contributed by atoms with Gasteiger partial charge in [0.05, 0.1) is 17.4 Å². The summed E-state index contributed by atoms with van der Waals surface area (Å²) < 4.78 is 0. The number of hydrogen-bond donors (Lipinski definition) is 2. The number of nitrogens with one attached hydrogen (secondary N) is 2. The van der Waals surface area contributed by atoms with Crippen LogP contribution in [0.5, 0.6) is 0 Å². The van der Waals surface area contributed by atoms with Crippen molar-refractivity contribution < 1.29 is 0 Å². The molecular weight excluding hydrogens is 162 g/mol. The molecule has 1 aromatic carbocycles. The van der Waals surface area contributed by atoms with Gasteiger partial charge in [0, 0.05) is 0 Å². The third kappa shape index (κ3) is 2.87. The van der Waals surface area contributed by atoms with Gasteiger partial charge in [0.1, 0.15) is 0 Å². The Hall–Kier alpha value is -1.35. The maximum atomic E-state index is 4.06. The predicted molar refractivity (Wildman–Crippen MR) is 55.7 cm³/mol. The quantitative estimate of drug-likeness (QED) is 0.697. The van der Waals surface area contributed by atoms with E-state index in [1.165, 1.54) is 0 Å². The number of hydrogen-bond acceptors (Lipinski definition) is 2. The molecule has 3 heteroatoms. The third-order valence-corrected chi connectivity index (χ3v) is 1.68. The zero-order chi connectivity index (χ0) is 9.52. The Kier molecular flexibility index (Phi) is 3.99. The Morgan fingerprint density at radius 1 is 1.38 bits per heavy atom. The Balaban J connectivity index is 0.000000184. The first-order valence-electron chi connectivity index (χ1n) is 4.41. The first-order chi connectivity index (χ1) is 6.38. The van der Waals surface area contributed by atoms with Crippen molar-refractivity contribution in [1.29, 1.82) is 0 Å². The van der Waals surface area contributed by atoms with E-state index in [1.54, 1.807) is 6.33 Å². The average Bonchev–Trinajstić information content (AvgIpc) is 2.66. The Bertz CT molecular complexity index is 308. The van der Waals surface area contributed by atoms with Crippen LogP contribution < -0.4 is 5.32 Å². The van der Waals surface area contributed by atoms with Crippen molar-refractivity contribution in [3.05, 3.63) is 30.6 Å². The second-order valence-corrected chi connectivity index (χ2v) is 2.63. The first-order valence-corrected chi connectivity index (χ1v) is 4.41. The Morgan fingerprint density at radius 2 is 2.08 bits per heavy atom. The Labute approximate surface area is 78.2 Å². The van der Waals surface area contributed by atoms with Gasteiger partial charge in [0.2, 0.25) is 0 Å². The van der Waals surface area contributed by atoms with Gasteiger partial charge < -0.3 is 10.3 Å². The second-order valence-electron chi connectivity index (χ2n) is 2.63. The molecule has 0 aliphatic heterocycles. The Morgan fingerprint density at radius 3 is 2.69 bits per heavy atom. The molecule has 0 radical (unpaired) electrons. The van der Waals surface area contributed by atoms with E-state index in [0.29, 0.717) is 0 Å². The monoisotopic (exact) mass is 177 g/mol. The van der Waals surface area contributed by atoms with Gasteiger partial charge in [-0.1, -0.05) is 19.1 Å². The molecule has 2 aromatic rings. The van der Waals surface area contributed by atoms with Crippen LogP contribution in [0.15, 0.2) is 30.6 Å². The predicted octanol–water partition coefficient (Wildman–Crippen LogP) is 1.79. The summed E-state index contributed by atoms with van der Waals surface area (Å²) in [5, 5.41) is 2.93. The summed E-state index contributed by atoms with van der Waals surface area (Å²) in [5.41, 5.74) is 2.12. The zero-order valence-corrected chi connectivity index (χ0v) is 8.04. The van der Waals surface area contributed by atoms with E-state index in [9.17, 15) is 0 Å². The summed E-state index contributed by atoms with van der Waals surface area (Å²) in [4.78, 5) is 7.07. The van der Waals surface area contributed by atoms with Crippen molar-refractivity contribution in [2.24, 2.45) is 0 Å². The third-order valence-electron chi connectivity index (χ3n) is 1.68. The average molecular weight is 177 g/mol. The van der Waals surface area contributed by atoms with Crippen LogP contribution >= 0.6 is 0 Å². The van der Waals surface area contributed by atoms with E-state index in [1.807, 2.05) is 31.3 Å². The number of benzene rings is 1. The molecule has 13 heavy (non-hydrogen) atoms. The normalized spacial score (nSPS) is 9.38. The molecule has 0 fully saturated rings. The fraction of sp³-hybridized carbons (Fsp3) is 0.300. The largest absolute Gasteiger partial charge is 0.345 e. The summed E-state index contributed by atoms with van der Waals surface area (Å²) >= 11 is 0. The zero-order valence-electron chi connectivity index (χ0n) is 8.04. The molecule has 3 nitrogen and oxygen atoms in total. The summed E-state index contributed by atoms with van der Waals surface area (Å²) in [5.74, 6) is 0. The molecule has 0 amide bonds. The van der Waals surface area contributed by atoms with Crippen molar-refractivity contribution in [3.8, 4) is 0 Å².